The molecule has 1 aromatic carbocycles. The fourth-order valence-corrected chi connectivity index (χ4v) is 2.77. The van der Waals surface area contributed by atoms with Gasteiger partial charge in [0.05, 0.1) is 23.5 Å². The Morgan fingerprint density at radius 2 is 2.15 bits per heavy atom. The van der Waals surface area contributed by atoms with Crippen LogP contribution < -0.4 is 4.90 Å². The van der Waals surface area contributed by atoms with Gasteiger partial charge in [-0.1, -0.05) is 13.0 Å². The summed E-state index contributed by atoms with van der Waals surface area (Å²) in [7, 11) is 1.39. The average molecular weight is 278 g/mol. The molecular formula is C14H18N2O4. The number of carbonyl (C=O) groups is 1. The zero-order valence-corrected chi connectivity index (χ0v) is 11.8. The lowest BCUT2D eigenvalue weighted by molar-refractivity contribution is -0.385. The Balaban J connectivity index is 2.28. The van der Waals surface area contributed by atoms with Crippen LogP contribution in [0, 0.1) is 28.9 Å². The summed E-state index contributed by atoms with van der Waals surface area (Å²) in [6.07, 6.45) is 0. The first kappa shape index (κ1) is 14.3. The summed E-state index contributed by atoms with van der Waals surface area (Å²) in [5.74, 6) is -0.233. The Hall–Kier alpha value is -2.11. The average Bonchev–Trinajstić information content (AvgIpc) is 2.79. The van der Waals surface area contributed by atoms with E-state index in [9.17, 15) is 14.9 Å². The van der Waals surface area contributed by atoms with Crippen LogP contribution in [-0.4, -0.2) is 31.1 Å². The Morgan fingerprint density at radius 1 is 1.45 bits per heavy atom. The van der Waals surface area contributed by atoms with Crippen molar-refractivity contribution in [2.45, 2.75) is 13.8 Å². The second-order valence-electron chi connectivity index (χ2n) is 5.19. The predicted octanol–water partition coefficient (Wildman–Crippen LogP) is 2.15. The molecule has 2 atom stereocenters. The second kappa shape index (κ2) is 5.48. The number of ether oxygens (including phenoxy) is 1. The molecule has 6 nitrogen and oxygen atoms in total. The van der Waals surface area contributed by atoms with Crippen molar-refractivity contribution >= 4 is 17.3 Å². The van der Waals surface area contributed by atoms with E-state index in [0.29, 0.717) is 18.7 Å². The first-order valence-electron chi connectivity index (χ1n) is 6.52. The van der Waals surface area contributed by atoms with Crippen molar-refractivity contribution in [3.8, 4) is 0 Å². The van der Waals surface area contributed by atoms with Crippen LogP contribution in [0.3, 0.4) is 0 Å². The number of methoxy groups -OCH3 is 1. The van der Waals surface area contributed by atoms with Gasteiger partial charge < -0.3 is 9.64 Å². The number of rotatable bonds is 3. The van der Waals surface area contributed by atoms with Gasteiger partial charge in [-0.3, -0.25) is 14.9 Å². The molecule has 6 heteroatoms. The molecule has 2 rings (SSSR count). The molecule has 2 unspecified atom stereocenters. The molecule has 0 saturated carbocycles. The second-order valence-corrected chi connectivity index (χ2v) is 5.19. The predicted molar refractivity (Wildman–Crippen MR) is 74.7 cm³/mol. The molecule has 1 aromatic rings. The SMILES string of the molecule is COC(=O)C1CN(c2cccc([N+](=O)[O-])c2C)CC1C. The van der Waals surface area contributed by atoms with Crippen molar-refractivity contribution < 1.29 is 14.5 Å². The van der Waals surface area contributed by atoms with E-state index in [4.69, 9.17) is 4.74 Å². The van der Waals surface area contributed by atoms with Crippen LogP contribution in [0.25, 0.3) is 0 Å². The Kier molecular flexibility index (Phi) is 3.92. The number of nitro benzene ring substituents is 1. The van der Waals surface area contributed by atoms with Crippen LogP contribution >= 0.6 is 0 Å². The van der Waals surface area contributed by atoms with Gasteiger partial charge in [0, 0.05) is 24.8 Å². The summed E-state index contributed by atoms with van der Waals surface area (Å²) in [6, 6.07) is 5.03. The smallest absolute Gasteiger partial charge is 0.310 e. The molecule has 0 aliphatic carbocycles. The zero-order chi connectivity index (χ0) is 14.9. The third kappa shape index (κ3) is 2.45. The van der Waals surface area contributed by atoms with E-state index in [1.165, 1.54) is 13.2 Å². The molecule has 0 amide bonds. The zero-order valence-electron chi connectivity index (χ0n) is 11.8. The minimum Gasteiger partial charge on any atom is -0.469 e. The summed E-state index contributed by atoms with van der Waals surface area (Å²) in [4.78, 5) is 24.3. The number of esters is 1. The summed E-state index contributed by atoms with van der Waals surface area (Å²) in [5, 5.41) is 11.0. The van der Waals surface area contributed by atoms with E-state index in [2.05, 4.69) is 0 Å². The number of carbonyl (C=O) groups excluding carboxylic acids is 1. The van der Waals surface area contributed by atoms with Gasteiger partial charge in [-0.2, -0.15) is 0 Å². The summed E-state index contributed by atoms with van der Waals surface area (Å²) in [5.41, 5.74) is 1.56. The van der Waals surface area contributed by atoms with Crippen LogP contribution in [0.15, 0.2) is 18.2 Å². The molecule has 1 saturated heterocycles. The minimum absolute atomic E-state index is 0.108. The first-order valence-corrected chi connectivity index (χ1v) is 6.52. The molecule has 0 bridgehead atoms. The highest BCUT2D eigenvalue weighted by atomic mass is 16.6. The van der Waals surface area contributed by atoms with E-state index in [1.54, 1.807) is 13.0 Å². The molecule has 108 valence electrons. The van der Waals surface area contributed by atoms with Crippen molar-refractivity contribution in [3.63, 3.8) is 0 Å². The Labute approximate surface area is 117 Å². The van der Waals surface area contributed by atoms with Gasteiger partial charge >= 0.3 is 5.97 Å². The molecule has 20 heavy (non-hydrogen) atoms. The Morgan fingerprint density at radius 3 is 2.75 bits per heavy atom. The molecule has 1 aliphatic rings. The van der Waals surface area contributed by atoms with Gasteiger partial charge in [0.2, 0.25) is 0 Å². The van der Waals surface area contributed by atoms with E-state index in [0.717, 1.165) is 5.69 Å². The molecule has 1 fully saturated rings. The topological polar surface area (TPSA) is 72.7 Å². The van der Waals surface area contributed by atoms with Crippen molar-refractivity contribution in [2.24, 2.45) is 11.8 Å². The van der Waals surface area contributed by atoms with Gasteiger partial charge in [-0.25, -0.2) is 0 Å². The van der Waals surface area contributed by atoms with Crippen LogP contribution in [-0.2, 0) is 9.53 Å². The van der Waals surface area contributed by atoms with Gasteiger partial charge in [0.25, 0.3) is 5.69 Å². The monoisotopic (exact) mass is 278 g/mol. The lowest BCUT2D eigenvalue weighted by Crippen LogP contribution is -2.24. The Bertz CT molecular complexity index is 544. The van der Waals surface area contributed by atoms with Crippen molar-refractivity contribution in [1.29, 1.82) is 0 Å². The summed E-state index contributed by atoms with van der Waals surface area (Å²) in [6.45, 7) is 4.97. The number of benzene rings is 1. The lowest BCUT2D eigenvalue weighted by atomic mass is 9.99. The minimum atomic E-state index is -0.379. The number of hydrogen-bond donors (Lipinski definition) is 0. The standard InChI is InChI=1S/C14H18N2O4/c1-9-7-15(8-11(9)14(17)20-3)12-5-4-6-13(10(12)2)16(18)19/h4-6,9,11H,7-8H2,1-3H3. The molecule has 0 aromatic heterocycles. The summed E-state index contributed by atoms with van der Waals surface area (Å²) < 4.78 is 4.81. The normalized spacial score (nSPS) is 21.9. The number of nitrogens with zero attached hydrogens (tertiary/aromatic N) is 2. The summed E-state index contributed by atoms with van der Waals surface area (Å²) >= 11 is 0. The highest BCUT2D eigenvalue weighted by Crippen LogP contribution is 2.34. The molecule has 1 aliphatic heterocycles. The van der Waals surface area contributed by atoms with Crippen molar-refractivity contribution in [1.82, 2.24) is 0 Å². The highest BCUT2D eigenvalue weighted by molar-refractivity contribution is 5.75. The maximum absolute atomic E-state index is 11.7. The molecule has 0 N–H and O–H groups in total. The van der Waals surface area contributed by atoms with Crippen LogP contribution in [0.2, 0.25) is 0 Å². The van der Waals surface area contributed by atoms with Gasteiger partial charge in [-0.05, 0) is 18.9 Å². The van der Waals surface area contributed by atoms with Crippen molar-refractivity contribution in [3.05, 3.63) is 33.9 Å². The number of hydrogen-bond acceptors (Lipinski definition) is 5. The number of nitro groups is 1. The van der Waals surface area contributed by atoms with Gasteiger partial charge in [-0.15, -0.1) is 0 Å². The van der Waals surface area contributed by atoms with Crippen molar-refractivity contribution in [2.75, 3.05) is 25.1 Å². The quantitative estimate of drug-likeness (QED) is 0.481. The fourth-order valence-electron chi connectivity index (χ4n) is 2.77. The van der Waals surface area contributed by atoms with Crippen LogP contribution in [0.5, 0.6) is 0 Å². The lowest BCUT2D eigenvalue weighted by Gasteiger charge is -2.20. The third-order valence-electron chi connectivity index (χ3n) is 3.93. The van der Waals surface area contributed by atoms with Crippen LogP contribution in [0.4, 0.5) is 11.4 Å². The highest BCUT2D eigenvalue weighted by Gasteiger charge is 2.36. The molecule has 0 spiro atoms. The van der Waals surface area contributed by atoms with Gasteiger partial charge in [0.15, 0.2) is 0 Å². The van der Waals surface area contributed by atoms with E-state index < -0.39 is 0 Å². The fraction of sp³-hybridized carbons (Fsp3) is 0.500. The van der Waals surface area contributed by atoms with E-state index in [1.807, 2.05) is 17.9 Å². The third-order valence-corrected chi connectivity index (χ3v) is 3.93. The molecule has 0 radical (unpaired) electrons. The van der Waals surface area contributed by atoms with E-state index in [-0.39, 0.29) is 28.4 Å². The van der Waals surface area contributed by atoms with Crippen LogP contribution in [0.1, 0.15) is 12.5 Å². The largest absolute Gasteiger partial charge is 0.469 e. The molecule has 1 heterocycles. The first-order chi connectivity index (χ1) is 9.45. The van der Waals surface area contributed by atoms with Gasteiger partial charge in [0.1, 0.15) is 0 Å². The van der Waals surface area contributed by atoms with E-state index >= 15 is 0 Å². The maximum Gasteiger partial charge on any atom is 0.310 e. The number of anilines is 1. The molecular weight excluding hydrogens is 260 g/mol. The maximum atomic E-state index is 11.7.